The topological polar surface area (TPSA) is 147 Å². The van der Waals surface area contributed by atoms with Crippen molar-refractivity contribution in [1.82, 2.24) is 54.4 Å². The number of hydrogen-bond donors (Lipinski definition) is 0. The Bertz CT molecular complexity index is 7040. The number of hydrogen-bond acceptors (Lipinski definition) is 11. The first kappa shape index (κ1) is 76.0. The highest BCUT2D eigenvalue weighted by atomic mass is 16.3. The highest BCUT2D eigenvalue weighted by Gasteiger charge is 2.24. The smallest absolute Gasteiger partial charge is 0.164 e. The Balaban J connectivity index is 0.000000157. The van der Waals surface area contributed by atoms with Crippen LogP contribution in [0.25, 0.3) is 163 Å². The molecule has 0 saturated heterocycles. The van der Waals surface area contributed by atoms with Gasteiger partial charge in [0.05, 0.1) is 11.0 Å². The molecule has 0 spiro atoms. The van der Waals surface area contributed by atoms with Crippen molar-refractivity contribution < 1.29 is 4.42 Å². The molecule has 0 aliphatic rings. The van der Waals surface area contributed by atoms with Gasteiger partial charge in [-0.2, -0.15) is 0 Å². The standard InChI is InChI=1S/C56H38N6.C56H39N5O/c1-7-19-39(20-8-1)49(40-21-9-2-10-22-40)50(41-31-35-47(36-32-41)55-59-51(43-23-11-3-12-24-43)57-52(60-55)44-25-13-4-14-26-44)42-33-37-48(38-34-42)56-61-53(45-27-15-5-16-28-45)58-54(62-56)46-29-17-6-18-30-46;1-2-51-57-47-23-13-14-24-48(47)61(51)44-33-30-40(31-34-44)53(52(37-16-6-3-7-17-37)38-18-8-4-9-19-38)39-26-28-42(29-27-39)55-58-54(41-20-10-5-11-21-41)59-56(60-55)43-32-35-46-45-22-12-15-25-49(45)62-50(46)36-43/h1-38H;3-36H,2H2,1H3. The van der Waals surface area contributed by atoms with Gasteiger partial charge in [-0.1, -0.05) is 401 Å². The zero-order valence-corrected chi connectivity index (χ0v) is 67.6. The fourth-order valence-electron chi connectivity index (χ4n) is 16.1. The summed E-state index contributed by atoms with van der Waals surface area (Å²) in [5.41, 5.74) is 26.2. The molecule has 0 aliphatic heterocycles. The van der Waals surface area contributed by atoms with Crippen LogP contribution >= 0.6 is 0 Å². The van der Waals surface area contributed by atoms with E-state index in [2.05, 4.69) is 266 Å². The number of para-hydroxylation sites is 3. The molecule has 0 saturated carbocycles. The number of furan rings is 1. The third-order valence-electron chi connectivity index (χ3n) is 22.1. The fraction of sp³-hybridized carbons (Fsp3) is 0.0179. The van der Waals surface area contributed by atoms with Gasteiger partial charge >= 0.3 is 0 Å². The van der Waals surface area contributed by atoms with E-state index in [1.54, 1.807) is 0 Å². The molecule has 0 amide bonds. The van der Waals surface area contributed by atoms with Crippen molar-refractivity contribution in [3.8, 4) is 108 Å². The molecule has 5 heterocycles. The fourth-order valence-corrected chi connectivity index (χ4v) is 16.1. The van der Waals surface area contributed by atoms with Crippen LogP contribution in [0, 0.1) is 0 Å². The van der Waals surface area contributed by atoms with Gasteiger partial charge in [0, 0.05) is 73.0 Å². The number of aromatic nitrogens is 11. The van der Waals surface area contributed by atoms with Gasteiger partial charge in [-0.3, -0.25) is 4.57 Å². The average Bonchev–Trinajstić information content (AvgIpc) is 1.40. The Labute approximate surface area is 718 Å². The summed E-state index contributed by atoms with van der Waals surface area (Å²) in [5.74, 6) is 6.51. The second-order valence-electron chi connectivity index (χ2n) is 30.0. The minimum Gasteiger partial charge on any atom is -0.456 e. The molecule has 21 aromatic rings. The van der Waals surface area contributed by atoms with E-state index in [-0.39, 0.29) is 0 Å². The van der Waals surface area contributed by atoms with Gasteiger partial charge in [0.2, 0.25) is 0 Å². The van der Waals surface area contributed by atoms with Crippen molar-refractivity contribution in [1.29, 1.82) is 0 Å². The number of aryl methyl sites for hydroxylation is 1. The lowest BCUT2D eigenvalue weighted by Crippen LogP contribution is -2.02. The van der Waals surface area contributed by atoms with E-state index in [0.29, 0.717) is 52.4 Å². The maximum absolute atomic E-state index is 6.27. The van der Waals surface area contributed by atoms with E-state index in [1.165, 1.54) is 0 Å². The van der Waals surface area contributed by atoms with Crippen LogP contribution in [0.2, 0.25) is 0 Å². The quantitative estimate of drug-likeness (QED) is 0.0713. The molecule has 0 aliphatic carbocycles. The van der Waals surface area contributed by atoms with Gasteiger partial charge in [-0.05, 0) is 109 Å². The summed E-state index contributed by atoms with van der Waals surface area (Å²) in [6.07, 6.45) is 0.826. The van der Waals surface area contributed by atoms with Crippen LogP contribution in [-0.2, 0) is 6.42 Å². The van der Waals surface area contributed by atoms with E-state index in [9.17, 15) is 0 Å². The molecule has 0 radical (unpaired) electrons. The Morgan fingerprint density at radius 1 is 0.210 bits per heavy atom. The Kier molecular flexibility index (Phi) is 21.3. The Morgan fingerprint density at radius 3 is 0.774 bits per heavy atom. The number of rotatable bonds is 19. The van der Waals surface area contributed by atoms with Crippen LogP contribution in [0.4, 0.5) is 0 Å². The Morgan fingerprint density at radius 2 is 0.452 bits per heavy atom. The summed E-state index contributed by atoms with van der Waals surface area (Å²) in [4.78, 5) is 49.9. The molecule has 21 rings (SSSR count). The molecular weight excluding hydrogens is 1520 g/mol. The van der Waals surface area contributed by atoms with Gasteiger partial charge < -0.3 is 4.42 Å². The van der Waals surface area contributed by atoms with Crippen LogP contribution < -0.4 is 0 Å². The predicted molar refractivity (Wildman–Crippen MR) is 502 cm³/mol. The molecule has 0 atom stereocenters. The first-order chi connectivity index (χ1) is 61.4. The van der Waals surface area contributed by atoms with Crippen molar-refractivity contribution in [2.24, 2.45) is 0 Å². The zero-order chi connectivity index (χ0) is 82.9. The SMILES string of the molecule is CCc1nc2ccccc2n1-c1ccc(C(=C(c2ccccc2)c2ccccc2)c2ccc(-c3nc(-c4ccccc4)nc(-c4ccc5c(c4)oc4ccccc45)n3)cc2)cc1.c1ccc(C(=C(c2ccc(-c3nc(-c4ccccc4)nc(-c4ccccc4)n3)cc2)c2ccc(-c3nc(-c4ccccc4)nc(-c4ccccc4)n3)cc2)c2ccccc2)cc1. The average molecular weight is 1590 g/mol. The van der Waals surface area contributed by atoms with Crippen molar-refractivity contribution in [2.45, 2.75) is 13.3 Å². The summed E-state index contributed by atoms with van der Waals surface area (Å²) in [6.45, 7) is 2.16. The first-order valence-electron chi connectivity index (χ1n) is 41.5. The molecule has 0 unspecified atom stereocenters. The van der Waals surface area contributed by atoms with E-state index in [4.69, 9.17) is 54.3 Å². The van der Waals surface area contributed by atoms with Crippen molar-refractivity contribution in [2.75, 3.05) is 0 Å². The molecule has 124 heavy (non-hydrogen) atoms. The third-order valence-corrected chi connectivity index (χ3v) is 22.1. The van der Waals surface area contributed by atoms with Gasteiger partial charge in [-0.15, -0.1) is 0 Å². The van der Waals surface area contributed by atoms with E-state index in [0.717, 1.165) is 168 Å². The molecule has 0 fully saturated rings. The van der Waals surface area contributed by atoms with Crippen LogP contribution in [-0.4, -0.2) is 54.4 Å². The number of imidazole rings is 1. The monoisotopic (exact) mass is 1590 g/mol. The van der Waals surface area contributed by atoms with Crippen LogP contribution in [0.5, 0.6) is 0 Å². The molecule has 16 aromatic carbocycles. The summed E-state index contributed by atoms with van der Waals surface area (Å²) >= 11 is 0. The summed E-state index contributed by atoms with van der Waals surface area (Å²) in [5, 5.41) is 2.14. The predicted octanol–water partition coefficient (Wildman–Crippen LogP) is 26.7. The molecule has 12 heteroatoms. The lowest BCUT2D eigenvalue weighted by Gasteiger charge is -2.19. The molecule has 12 nitrogen and oxygen atoms in total. The molecule has 0 N–H and O–H groups in total. The lowest BCUT2D eigenvalue weighted by molar-refractivity contribution is 0.669. The largest absolute Gasteiger partial charge is 0.456 e. The number of fused-ring (bicyclic) bond motifs is 4. The third kappa shape index (κ3) is 15.9. The Hall–Kier alpha value is -16.7. The van der Waals surface area contributed by atoms with Gasteiger partial charge in [-0.25, -0.2) is 49.8 Å². The van der Waals surface area contributed by atoms with Crippen molar-refractivity contribution in [3.63, 3.8) is 0 Å². The van der Waals surface area contributed by atoms with E-state index >= 15 is 0 Å². The maximum Gasteiger partial charge on any atom is 0.164 e. The van der Waals surface area contributed by atoms with Crippen LogP contribution in [0.3, 0.4) is 0 Å². The number of benzene rings is 16. The van der Waals surface area contributed by atoms with Crippen LogP contribution in [0.1, 0.15) is 57.3 Å². The van der Waals surface area contributed by atoms with Gasteiger partial charge in [0.1, 0.15) is 17.0 Å². The van der Waals surface area contributed by atoms with Crippen molar-refractivity contribution in [3.05, 3.63) is 487 Å². The maximum atomic E-state index is 6.27. The highest BCUT2D eigenvalue weighted by Crippen LogP contribution is 2.42. The second-order valence-corrected chi connectivity index (χ2v) is 30.0. The molecule has 586 valence electrons. The van der Waals surface area contributed by atoms with Crippen molar-refractivity contribution >= 4 is 55.3 Å². The van der Waals surface area contributed by atoms with Crippen LogP contribution in [0.15, 0.2) is 441 Å². The summed E-state index contributed by atoms with van der Waals surface area (Å²) in [7, 11) is 0. The highest BCUT2D eigenvalue weighted by molar-refractivity contribution is 6.08. The molecular formula is C112H77N11O. The normalized spacial score (nSPS) is 11.1. The summed E-state index contributed by atoms with van der Waals surface area (Å²) < 4.78 is 8.54. The lowest BCUT2D eigenvalue weighted by atomic mass is 9.85. The zero-order valence-electron chi connectivity index (χ0n) is 67.6. The first-order valence-corrected chi connectivity index (χ1v) is 41.5. The van der Waals surface area contributed by atoms with E-state index in [1.807, 2.05) is 182 Å². The van der Waals surface area contributed by atoms with E-state index < -0.39 is 0 Å². The number of nitrogens with zero attached hydrogens (tertiary/aromatic N) is 11. The second kappa shape index (κ2) is 34.7. The molecule has 5 aromatic heterocycles. The minimum atomic E-state index is 0.577. The van der Waals surface area contributed by atoms with Gasteiger partial charge in [0.15, 0.2) is 52.4 Å². The van der Waals surface area contributed by atoms with Gasteiger partial charge in [0.25, 0.3) is 0 Å². The summed E-state index contributed by atoms with van der Waals surface area (Å²) in [6, 6.07) is 150. The molecule has 0 bridgehead atoms. The minimum absolute atomic E-state index is 0.577.